The summed E-state index contributed by atoms with van der Waals surface area (Å²) in [5.41, 5.74) is 9.01. The molecule has 0 radical (unpaired) electrons. The molecule has 0 saturated heterocycles. The van der Waals surface area contributed by atoms with Crippen LogP contribution >= 0.6 is 0 Å². The zero-order valence-electron chi connectivity index (χ0n) is 9.91. The van der Waals surface area contributed by atoms with Crippen molar-refractivity contribution in [2.45, 2.75) is 65.8 Å². The van der Waals surface area contributed by atoms with Gasteiger partial charge in [0.1, 0.15) is 0 Å². The molecule has 0 fully saturated rings. The number of nitrogens with two attached hydrogens (primary N) is 1. The first-order valence-electron chi connectivity index (χ1n) is 5.41. The van der Waals surface area contributed by atoms with Gasteiger partial charge in [0.15, 0.2) is 0 Å². The monoisotopic (exact) mass is 183 g/mol. The van der Waals surface area contributed by atoms with Crippen LogP contribution in [0.5, 0.6) is 0 Å². The van der Waals surface area contributed by atoms with Crippen LogP contribution in [0.2, 0.25) is 0 Å². The average molecular weight is 183 g/mol. The van der Waals surface area contributed by atoms with Gasteiger partial charge in [0, 0.05) is 5.54 Å². The molecule has 0 heterocycles. The van der Waals surface area contributed by atoms with E-state index in [2.05, 4.69) is 34.6 Å². The van der Waals surface area contributed by atoms with E-state index in [-0.39, 0.29) is 5.54 Å². The Balaban J connectivity index is 4.52. The number of hydrogen-bond donors (Lipinski definition) is 1. The predicted octanol–water partition coefficient (Wildman–Crippen LogP) is 3.64. The van der Waals surface area contributed by atoms with Crippen molar-refractivity contribution < 1.29 is 0 Å². The highest BCUT2D eigenvalue weighted by Crippen LogP contribution is 2.23. The van der Waals surface area contributed by atoms with Gasteiger partial charge >= 0.3 is 0 Å². The first kappa shape index (κ1) is 12.7. The Morgan fingerprint density at radius 1 is 1.15 bits per heavy atom. The van der Waals surface area contributed by atoms with E-state index in [9.17, 15) is 0 Å². The molecule has 0 bridgehead atoms. The van der Waals surface area contributed by atoms with E-state index >= 15 is 0 Å². The minimum absolute atomic E-state index is 0.0893. The Bertz CT molecular complexity index is 178. The lowest BCUT2D eigenvalue weighted by atomic mass is 9.85. The van der Waals surface area contributed by atoms with E-state index < -0.39 is 0 Å². The van der Waals surface area contributed by atoms with E-state index in [0.717, 1.165) is 12.8 Å². The third-order valence-corrected chi connectivity index (χ3v) is 2.89. The molecule has 0 aliphatic carbocycles. The second-order valence-electron chi connectivity index (χ2n) is 4.32. The standard InChI is InChI=1S/C12H25N/c1-6-8-10(3)11(4)12(5,13)9-7-2/h6-9,13H2,1-5H3/b11-10+. The lowest BCUT2D eigenvalue weighted by Gasteiger charge is -2.27. The summed E-state index contributed by atoms with van der Waals surface area (Å²) in [6.45, 7) is 10.9. The molecule has 0 amide bonds. The highest BCUT2D eigenvalue weighted by Gasteiger charge is 2.20. The zero-order chi connectivity index (χ0) is 10.5. The Morgan fingerprint density at radius 2 is 1.69 bits per heavy atom. The molecule has 1 unspecified atom stereocenters. The SMILES string of the molecule is CCC/C(C)=C(\C)C(C)(N)CCC. The van der Waals surface area contributed by atoms with Gasteiger partial charge in [-0.3, -0.25) is 0 Å². The van der Waals surface area contributed by atoms with E-state index in [1.165, 1.54) is 24.0 Å². The molecule has 1 atom stereocenters. The Hall–Kier alpha value is -0.300. The summed E-state index contributed by atoms with van der Waals surface area (Å²) < 4.78 is 0. The highest BCUT2D eigenvalue weighted by molar-refractivity contribution is 5.21. The molecule has 13 heavy (non-hydrogen) atoms. The van der Waals surface area contributed by atoms with Gasteiger partial charge in [-0.1, -0.05) is 37.8 Å². The minimum atomic E-state index is -0.0893. The van der Waals surface area contributed by atoms with Crippen LogP contribution in [0.15, 0.2) is 11.1 Å². The van der Waals surface area contributed by atoms with E-state index in [4.69, 9.17) is 5.73 Å². The quantitative estimate of drug-likeness (QED) is 0.647. The lowest BCUT2D eigenvalue weighted by Crippen LogP contribution is -2.37. The van der Waals surface area contributed by atoms with Crippen molar-refractivity contribution in [2.75, 3.05) is 0 Å². The van der Waals surface area contributed by atoms with Crippen LogP contribution in [0.3, 0.4) is 0 Å². The van der Waals surface area contributed by atoms with E-state index in [1.807, 2.05) is 0 Å². The minimum Gasteiger partial charge on any atom is -0.322 e. The molecule has 78 valence electrons. The van der Waals surface area contributed by atoms with Crippen LogP contribution in [-0.4, -0.2) is 5.54 Å². The van der Waals surface area contributed by atoms with Gasteiger partial charge in [-0.15, -0.1) is 0 Å². The maximum atomic E-state index is 6.24. The number of hydrogen-bond acceptors (Lipinski definition) is 1. The molecule has 0 saturated carbocycles. The van der Waals surface area contributed by atoms with Gasteiger partial charge in [0.25, 0.3) is 0 Å². The Kier molecular flexibility index (Phi) is 5.31. The van der Waals surface area contributed by atoms with Crippen molar-refractivity contribution in [3.8, 4) is 0 Å². The highest BCUT2D eigenvalue weighted by atomic mass is 14.7. The van der Waals surface area contributed by atoms with Crippen LogP contribution in [0.25, 0.3) is 0 Å². The topological polar surface area (TPSA) is 26.0 Å². The van der Waals surface area contributed by atoms with Crippen molar-refractivity contribution in [3.63, 3.8) is 0 Å². The number of allylic oxidation sites excluding steroid dienone is 1. The Morgan fingerprint density at radius 3 is 2.08 bits per heavy atom. The maximum Gasteiger partial charge on any atom is 0.0339 e. The largest absolute Gasteiger partial charge is 0.322 e. The molecule has 1 heteroatoms. The Labute approximate surface area is 83.4 Å². The van der Waals surface area contributed by atoms with Gasteiger partial charge in [-0.05, 0) is 33.6 Å². The van der Waals surface area contributed by atoms with Crippen LogP contribution in [0, 0.1) is 0 Å². The molecule has 0 aromatic heterocycles. The molecule has 1 nitrogen and oxygen atoms in total. The fourth-order valence-corrected chi connectivity index (χ4v) is 1.76. The second kappa shape index (κ2) is 5.43. The van der Waals surface area contributed by atoms with E-state index in [1.54, 1.807) is 0 Å². The molecule has 0 aromatic carbocycles. The van der Waals surface area contributed by atoms with Gasteiger partial charge in [0.2, 0.25) is 0 Å². The summed E-state index contributed by atoms with van der Waals surface area (Å²) in [6.07, 6.45) is 4.64. The molecule has 0 spiro atoms. The van der Waals surface area contributed by atoms with Gasteiger partial charge < -0.3 is 5.73 Å². The third kappa shape index (κ3) is 3.95. The first-order chi connectivity index (χ1) is 5.95. The fraction of sp³-hybridized carbons (Fsp3) is 0.833. The van der Waals surface area contributed by atoms with Gasteiger partial charge in [-0.2, -0.15) is 0 Å². The van der Waals surface area contributed by atoms with Crippen molar-refractivity contribution in [3.05, 3.63) is 11.1 Å². The van der Waals surface area contributed by atoms with Crippen molar-refractivity contribution in [1.82, 2.24) is 0 Å². The molecule has 2 N–H and O–H groups in total. The third-order valence-electron chi connectivity index (χ3n) is 2.89. The summed E-state index contributed by atoms with van der Waals surface area (Å²) in [4.78, 5) is 0. The normalized spacial score (nSPS) is 18.0. The number of rotatable bonds is 5. The second-order valence-corrected chi connectivity index (χ2v) is 4.32. The molecular formula is C12H25N. The smallest absolute Gasteiger partial charge is 0.0339 e. The summed E-state index contributed by atoms with van der Waals surface area (Å²) >= 11 is 0. The summed E-state index contributed by atoms with van der Waals surface area (Å²) in [5.74, 6) is 0. The first-order valence-corrected chi connectivity index (χ1v) is 5.41. The van der Waals surface area contributed by atoms with Crippen LogP contribution in [0.4, 0.5) is 0 Å². The maximum absolute atomic E-state index is 6.24. The summed E-state index contributed by atoms with van der Waals surface area (Å²) in [7, 11) is 0. The van der Waals surface area contributed by atoms with E-state index in [0.29, 0.717) is 0 Å². The fourth-order valence-electron chi connectivity index (χ4n) is 1.76. The van der Waals surface area contributed by atoms with Crippen molar-refractivity contribution in [1.29, 1.82) is 0 Å². The van der Waals surface area contributed by atoms with Crippen molar-refractivity contribution in [2.24, 2.45) is 5.73 Å². The predicted molar refractivity (Wildman–Crippen MR) is 60.8 cm³/mol. The molecule has 0 aliphatic rings. The van der Waals surface area contributed by atoms with Gasteiger partial charge in [-0.25, -0.2) is 0 Å². The molecular weight excluding hydrogens is 158 g/mol. The van der Waals surface area contributed by atoms with Crippen molar-refractivity contribution >= 4 is 0 Å². The molecule has 0 aliphatic heterocycles. The lowest BCUT2D eigenvalue weighted by molar-refractivity contribution is 0.490. The van der Waals surface area contributed by atoms with Crippen LogP contribution in [0.1, 0.15) is 60.3 Å². The van der Waals surface area contributed by atoms with Crippen LogP contribution in [-0.2, 0) is 0 Å². The average Bonchev–Trinajstić information content (AvgIpc) is 2.03. The molecule has 0 rings (SSSR count). The van der Waals surface area contributed by atoms with Gasteiger partial charge in [0.05, 0.1) is 0 Å². The summed E-state index contributed by atoms with van der Waals surface area (Å²) in [6, 6.07) is 0. The zero-order valence-corrected chi connectivity index (χ0v) is 9.91. The summed E-state index contributed by atoms with van der Waals surface area (Å²) in [5, 5.41) is 0. The molecule has 0 aromatic rings. The van der Waals surface area contributed by atoms with Crippen LogP contribution < -0.4 is 5.73 Å².